The van der Waals surface area contributed by atoms with Gasteiger partial charge in [0.2, 0.25) is 0 Å². The maximum absolute atomic E-state index is 12.5. The first-order valence-electron chi connectivity index (χ1n) is 8.26. The number of nitrogens with one attached hydrogen (secondary N) is 1. The predicted octanol–water partition coefficient (Wildman–Crippen LogP) is 2.78. The average molecular weight is 384 g/mol. The number of nitrogens with zero attached hydrogens (tertiary/aromatic N) is 5. The van der Waals surface area contributed by atoms with Gasteiger partial charge < -0.3 is 9.72 Å². The van der Waals surface area contributed by atoms with E-state index in [4.69, 9.17) is 0 Å². The lowest BCUT2D eigenvalue weighted by Crippen LogP contribution is -2.09. The number of benzene rings is 1. The molecule has 3 aromatic heterocycles. The van der Waals surface area contributed by atoms with Crippen molar-refractivity contribution in [2.45, 2.75) is 20.5 Å². The van der Waals surface area contributed by atoms with Crippen molar-refractivity contribution in [3.63, 3.8) is 0 Å². The minimum atomic E-state index is -2.90. The molecule has 0 aliphatic carbocycles. The largest absolute Gasteiger partial charge is 0.435 e. The molecule has 0 spiro atoms. The highest BCUT2D eigenvalue weighted by atomic mass is 19.3. The Morgan fingerprint density at radius 1 is 1.21 bits per heavy atom. The summed E-state index contributed by atoms with van der Waals surface area (Å²) in [4.78, 5) is 19.5. The second-order valence-electron chi connectivity index (χ2n) is 6.12. The summed E-state index contributed by atoms with van der Waals surface area (Å²) in [5, 5.41) is 12.4. The molecule has 1 N–H and O–H groups in total. The molecule has 0 saturated heterocycles. The number of hydrogen-bond acceptors (Lipinski definition) is 6. The highest BCUT2D eigenvalue weighted by Crippen LogP contribution is 2.26. The molecule has 10 heteroatoms. The molecule has 8 nitrogen and oxygen atoms in total. The van der Waals surface area contributed by atoms with E-state index in [1.807, 2.05) is 0 Å². The van der Waals surface area contributed by atoms with Crippen LogP contribution < -0.4 is 10.3 Å². The minimum absolute atomic E-state index is 0.0615. The van der Waals surface area contributed by atoms with E-state index in [2.05, 4.69) is 30.0 Å². The molecule has 0 amide bonds. The molecular weight excluding hydrogens is 370 g/mol. The standard InChI is InChI=1S/C18H14F2N6O2/c1-9-6-11(28-18(19)20)7-10(2)14(9)26-8-12-15(25-26)22-16(23-17(12)27)13-4-3-5-21-24-13/h3-8,18H,1-2H3,(H,22,23,25,27). The van der Waals surface area contributed by atoms with E-state index in [1.54, 1.807) is 32.2 Å². The summed E-state index contributed by atoms with van der Waals surface area (Å²) < 4.78 is 30.9. The molecule has 0 radical (unpaired) electrons. The zero-order valence-electron chi connectivity index (χ0n) is 14.8. The highest BCUT2D eigenvalue weighted by molar-refractivity contribution is 5.75. The molecule has 3 heterocycles. The highest BCUT2D eigenvalue weighted by Gasteiger charge is 2.15. The molecule has 0 atom stereocenters. The fraction of sp³-hybridized carbons (Fsp3) is 0.167. The second-order valence-corrected chi connectivity index (χ2v) is 6.12. The molecule has 0 fully saturated rings. The number of rotatable bonds is 4. The van der Waals surface area contributed by atoms with Crippen LogP contribution in [0.3, 0.4) is 0 Å². The van der Waals surface area contributed by atoms with E-state index < -0.39 is 6.61 Å². The van der Waals surface area contributed by atoms with E-state index in [0.29, 0.717) is 27.9 Å². The number of H-pyrrole nitrogens is 1. The quantitative estimate of drug-likeness (QED) is 0.581. The summed E-state index contributed by atoms with van der Waals surface area (Å²) in [5.41, 5.74) is 2.25. The van der Waals surface area contributed by atoms with Gasteiger partial charge in [-0.25, -0.2) is 9.67 Å². The van der Waals surface area contributed by atoms with E-state index in [-0.39, 0.29) is 22.8 Å². The van der Waals surface area contributed by atoms with E-state index >= 15 is 0 Å². The summed E-state index contributed by atoms with van der Waals surface area (Å²) in [5.74, 6) is 0.316. The lowest BCUT2D eigenvalue weighted by molar-refractivity contribution is -0.0498. The Morgan fingerprint density at radius 2 is 1.96 bits per heavy atom. The van der Waals surface area contributed by atoms with Crippen molar-refractivity contribution < 1.29 is 13.5 Å². The van der Waals surface area contributed by atoms with Gasteiger partial charge in [0.15, 0.2) is 11.5 Å². The summed E-state index contributed by atoms with van der Waals surface area (Å²) in [6.07, 6.45) is 3.06. The molecule has 4 rings (SSSR count). The number of halogens is 2. The average Bonchev–Trinajstić information content (AvgIpc) is 3.05. The number of hydrogen-bond donors (Lipinski definition) is 1. The number of aromatic nitrogens is 6. The SMILES string of the molecule is Cc1cc(OC(F)F)cc(C)c1-n1cc2c(=O)[nH]c(-c3cccnn3)nc2n1. The van der Waals surface area contributed by atoms with Crippen LogP contribution in [0.4, 0.5) is 8.78 Å². The van der Waals surface area contributed by atoms with Crippen LogP contribution >= 0.6 is 0 Å². The van der Waals surface area contributed by atoms with Gasteiger partial charge in [0.05, 0.1) is 5.69 Å². The molecule has 142 valence electrons. The van der Waals surface area contributed by atoms with Crippen molar-refractivity contribution >= 4 is 11.0 Å². The third-order valence-electron chi connectivity index (χ3n) is 4.12. The Balaban J connectivity index is 1.83. The molecule has 0 aliphatic rings. The molecule has 0 saturated carbocycles. The second kappa shape index (κ2) is 6.80. The number of ether oxygens (including phenoxy) is 1. The van der Waals surface area contributed by atoms with Crippen LogP contribution in [-0.4, -0.2) is 36.6 Å². The first kappa shape index (κ1) is 17.7. The van der Waals surface area contributed by atoms with Crippen LogP contribution in [0, 0.1) is 13.8 Å². The number of fused-ring (bicyclic) bond motifs is 1. The van der Waals surface area contributed by atoms with Crippen LogP contribution in [0.25, 0.3) is 28.2 Å². The maximum atomic E-state index is 12.5. The predicted molar refractivity (Wildman–Crippen MR) is 96.6 cm³/mol. The Morgan fingerprint density at radius 3 is 2.61 bits per heavy atom. The number of aryl methyl sites for hydroxylation is 2. The molecular formula is C18H14F2N6O2. The van der Waals surface area contributed by atoms with E-state index in [0.717, 1.165) is 0 Å². The van der Waals surface area contributed by atoms with Crippen LogP contribution in [0.5, 0.6) is 5.75 Å². The third-order valence-corrected chi connectivity index (χ3v) is 4.12. The lowest BCUT2D eigenvalue weighted by atomic mass is 10.1. The fourth-order valence-electron chi connectivity index (χ4n) is 3.03. The summed E-state index contributed by atoms with van der Waals surface area (Å²) in [6, 6.07) is 6.33. The van der Waals surface area contributed by atoms with Gasteiger partial charge >= 0.3 is 6.61 Å². The molecule has 0 bridgehead atoms. The van der Waals surface area contributed by atoms with Crippen molar-refractivity contribution in [2.24, 2.45) is 0 Å². The van der Waals surface area contributed by atoms with Gasteiger partial charge in [-0.05, 0) is 49.2 Å². The van der Waals surface area contributed by atoms with Gasteiger partial charge in [-0.2, -0.15) is 13.9 Å². The maximum Gasteiger partial charge on any atom is 0.387 e. The van der Waals surface area contributed by atoms with Gasteiger partial charge in [-0.15, -0.1) is 10.2 Å². The number of alkyl halides is 2. The molecule has 0 unspecified atom stereocenters. The van der Waals surface area contributed by atoms with E-state index in [1.165, 1.54) is 23.0 Å². The summed E-state index contributed by atoms with van der Waals surface area (Å²) >= 11 is 0. The Labute approximate surface area is 156 Å². The van der Waals surface area contributed by atoms with Gasteiger partial charge in [0.25, 0.3) is 5.56 Å². The van der Waals surface area contributed by atoms with Crippen LogP contribution in [0.2, 0.25) is 0 Å². The van der Waals surface area contributed by atoms with Crippen LogP contribution in [0.15, 0.2) is 41.5 Å². The van der Waals surface area contributed by atoms with Gasteiger partial charge in [-0.3, -0.25) is 4.79 Å². The molecule has 28 heavy (non-hydrogen) atoms. The fourth-order valence-corrected chi connectivity index (χ4v) is 3.03. The van der Waals surface area contributed by atoms with Crippen LogP contribution in [-0.2, 0) is 0 Å². The Kier molecular flexibility index (Phi) is 4.30. The summed E-state index contributed by atoms with van der Waals surface area (Å²) in [7, 11) is 0. The lowest BCUT2D eigenvalue weighted by Gasteiger charge is -2.12. The zero-order valence-corrected chi connectivity index (χ0v) is 14.8. The normalized spacial score (nSPS) is 11.3. The van der Waals surface area contributed by atoms with Gasteiger partial charge in [-0.1, -0.05) is 0 Å². The third kappa shape index (κ3) is 3.20. The summed E-state index contributed by atoms with van der Waals surface area (Å²) in [6.45, 7) is 0.588. The molecule has 4 aromatic rings. The smallest absolute Gasteiger partial charge is 0.387 e. The number of aromatic amines is 1. The van der Waals surface area contributed by atoms with Crippen molar-refractivity contribution in [2.75, 3.05) is 0 Å². The van der Waals surface area contributed by atoms with Crippen LogP contribution in [0.1, 0.15) is 11.1 Å². The first-order valence-corrected chi connectivity index (χ1v) is 8.26. The Hall–Kier alpha value is -3.69. The van der Waals surface area contributed by atoms with E-state index in [9.17, 15) is 13.6 Å². The van der Waals surface area contributed by atoms with Gasteiger partial charge in [0, 0.05) is 12.4 Å². The van der Waals surface area contributed by atoms with Crippen molar-refractivity contribution in [1.82, 2.24) is 29.9 Å². The van der Waals surface area contributed by atoms with Gasteiger partial charge in [0.1, 0.15) is 16.8 Å². The molecule has 1 aromatic carbocycles. The Bertz CT molecular complexity index is 1200. The molecule has 0 aliphatic heterocycles. The minimum Gasteiger partial charge on any atom is -0.435 e. The van der Waals surface area contributed by atoms with Crippen molar-refractivity contribution in [1.29, 1.82) is 0 Å². The topological polar surface area (TPSA) is 98.6 Å². The monoisotopic (exact) mass is 384 g/mol. The van der Waals surface area contributed by atoms with Crippen molar-refractivity contribution in [3.8, 4) is 23.0 Å². The van der Waals surface area contributed by atoms with Crippen molar-refractivity contribution in [3.05, 3.63) is 58.1 Å². The first-order chi connectivity index (χ1) is 13.4. The zero-order chi connectivity index (χ0) is 19.8.